The van der Waals surface area contributed by atoms with Gasteiger partial charge in [0.15, 0.2) is 18.4 Å². The molecule has 2 heterocycles. The summed E-state index contributed by atoms with van der Waals surface area (Å²) in [7, 11) is 0. The van der Waals surface area contributed by atoms with Crippen LogP contribution in [0.5, 0.6) is 0 Å². The molecule has 1 fully saturated rings. The van der Waals surface area contributed by atoms with Crippen molar-refractivity contribution in [2.24, 2.45) is 5.73 Å². The Hall–Kier alpha value is -2.89. The number of rotatable bonds is 10. The van der Waals surface area contributed by atoms with E-state index < -0.39 is 37.1 Å². The van der Waals surface area contributed by atoms with Crippen molar-refractivity contribution in [2.75, 3.05) is 6.61 Å². The van der Waals surface area contributed by atoms with Gasteiger partial charge >= 0.3 is 0 Å². The molecule has 0 saturated carbocycles. The van der Waals surface area contributed by atoms with Crippen LogP contribution in [0.1, 0.15) is 60.0 Å². The number of unbranched alkanes of at least 4 members (excludes halogenated alkanes) is 2. The number of benzene rings is 1. The molecule has 0 aliphatic carbocycles. The molecule has 4 atom stereocenters. The molecule has 178 valence electrons. The number of hydrogen-bond acceptors (Lipinski definition) is 10. The number of amides is 1. The lowest BCUT2D eigenvalue weighted by molar-refractivity contribution is -0.357. The van der Waals surface area contributed by atoms with Crippen molar-refractivity contribution in [2.45, 2.75) is 57.1 Å². The van der Waals surface area contributed by atoms with E-state index in [4.69, 9.17) is 15.7 Å². The molecule has 0 bridgehead atoms. The summed E-state index contributed by atoms with van der Waals surface area (Å²) in [5.41, 5.74) is 7.21. The van der Waals surface area contributed by atoms with Gasteiger partial charge in [-0.05, 0) is 36.5 Å². The summed E-state index contributed by atoms with van der Waals surface area (Å²) < 4.78 is 6.71. The van der Waals surface area contributed by atoms with E-state index in [1.54, 1.807) is 0 Å². The highest BCUT2D eigenvalue weighted by Crippen LogP contribution is 2.33. The normalized spacial score (nSPS) is 22.2. The first-order chi connectivity index (χ1) is 16.0. The topological polar surface area (TPSA) is 171 Å². The second-order valence-corrected chi connectivity index (χ2v) is 7.47. The van der Waals surface area contributed by atoms with E-state index in [9.17, 15) is 15.3 Å². The summed E-state index contributed by atoms with van der Waals surface area (Å²) in [4.78, 5) is 28.4. The van der Waals surface area contributed by atoms with Gasteiger partial charge in [0, 0.05) is 5.56 Å². The van der Waals surface area contributed by atoms with E-state index in [0.29, 0.717) is 5.56 Å². The molecule has 12 nitrogen and oxygen atoms in total. The zero-order valence-corrected chi connectivity index (χ0v) is 18.0. The highest BCUT2D eigenvalue weighted by atomic mass is 17.1. The fourth-order valence-electron chi connectivity index (χ4n) is 3.50. The second kappa shape index (κ2) is 11.8. The van der Waals surface area contributed by atoms with Gasteiger partial charge in [-0.1, -0.05) is 37.8 Å². The fourth-order valence-corrected chi connectivity index (χ4v) is 3.50. The van der Waals surface area contributed by atoms with Crippen molar-refractivity contribution < 1.29 is 40.0 Å². The van der Waals surface area contributed by atoms with Crippen LogP contribution in [0.2, 0.25) is 0 Å². The summed E-state index contributed by atoms with van der Waals surface area (Å²) in [6, 6.07) is 7.75. The summed E-state index contributed by atoms with van der Waals surface area (Å²) in [5.74, 6) is 4.49. The van der Waals surface area contributed by atoms with E-state index in [2.05, 4.69) is 43.5 Å². The highest BCUT2D eigenvalue weighted by Gasteiger charge is 2.50. The Kier molecular flexibility index (Phi) is 8.87. The summed E-state index contributed by atoms with van der Waals surface area (Å²) in [5, 5.41) is 31.3. The Morgan fingerprint density at radius 3 is 2.48 bits per heavy atom. The molecule has 2 aromatic rings. The average Bonchev–Trinajstić information content (AvgIpc) is 3.40. The van der Waals surface area contributed by atoms with Crippen LogP contribution in [0.3, 0.4) is 0 Å². The van der Waals surface area contributed by atoms with Crippen LogP contribution < -0.4 is 5.73 Å². The molecular weight excluding hydrogens is 436 g/mol. The Bertz CT molecular complexity index is 984. The first-order valence-electron chi connectivity index (χ1n) is 10.4. The molecule has 1 aromatic carbocycles. The zero-order chi connectivity index (χ0) is 23.8. The Balaban J connectivity index is 1.88. The predicted octanol–water partition coefficient (Wildman–Crippen LogP) is 1.61. The smallest absolute Gasteiger partial charge is 0.288 e. The van der Waals surface area contributed by atoms with Crippen LogP contribution >= 0.6 is 0 Å². The molecule has 0 radical (unpaired) electrons. The molecule has 3 rings (SSSR count). The lowest BCUT2D eigenvalue weighted by Crippen LogP contribution is -2.37. The summed E-state index contributed by atoms with van der Waals surface area (Å²) >= 11 is 0. The Morgan fingerprint density at radius 2 is 1.88 bits per heavy atom. The van der Waals surface area contributed by atoms with Gasteiger partial charge in [0.05, 0.1) is 0 Å². The van der Waals surface area contributed by atoms with Gasteiger partial charge in [0.2, 0.25) is 11.6 Å². The second-order valence-electron chi connectivity index (χ2n) is 7.47. The van der Waals surface area contributed by atoms with Crippen molar-refractivity contribution in [1.29, 1.82) is 0 Å². The minimum Gasteiger partial charge on any atom is -0.363 e. The maximum absolute atomic E-state index is 11.6. The van der Waals surface area contributed by atoms with Crippen LogP contribution in [-0.2, 0) is 25.8 Å². The van der Waals surface area contributed by atoms with Crippen molar-refractivity contribution >= 4 is 5.91 Å². The minimum absolute atomic E-state index is 0.00914. The van der Waals surface area contributed by atoms with E-state index in [1.165, 1.54) is 12.0 Å². The van der Waals surface area contributed by atoms with Gasteiger partial charge in [0.1, 0.15) is 12.7 Å². The van der Waals surface area contributed by atoms with Crippen molar-refractivity contribution in [1.82, 2.24) is 14.8 Å². The van der Waals surface area contributed by atoms with E-state index >= 15 is 0 Å². The predicted molar refractivity (Wildman–Crippen MR) is 112 cm³/mol. The lowest BCUT2D eigenvalue weighted by atomic mass is 10.1. The minimum atomic E-state index is -1.32. The zero-order valence-electron chi connectivity index (χ0n) is 18.0. The third-order valence-corrected chi connectivity index (χ3v) is 5.20. The van der Waals surface area contributed by atoms with E-state index in [1.807, 2.05) is 24.3 Å². The fraction of sp³-hybridized carbons (Fsp3) is 0.476. The molecule has 12 heteroatoms. The number of hydrogen-bond donors (Lipinski definition) is 4. The quantitative estimate of drug-likeness (QED) is 0.176. The van der Waals surface area contributed by atoms with Crippen LogP contribution in [0.15, 0.2) is 24.3 Å². The van der Waals surface area contributed by atoms with Crippen molar-refractivity contribution in [3.05, 3.63) is 47.0 Å². The summed E-state index contributed by atoms with van der Waals surface area (Å²) in [6.07, 6.45) is -0.418. The van der Waals surface area contributed by atoms with Gasteiger partial charge in [-0.3, -0.25) is 20.6 Å². The Labute approximate surface area is 189 Å². The van der Waals surface area contributed by atoms with Crippen LogP contribution in [0.4, 0.5) is 0 Å². The molecule has 1 aliphatic rings. The van der Waals surface area contributed by atoms with Crippen LogP contribution in [0, 0.1) is 11.8 Å². The third kappa shape index (κ3) is 5.92. The number of carbonyl (C=O) groups is 1. The van der Waals surface area contributed by atoms with E-state index in [-0.39, 0.29) is 11.6 Å². The standard InChI is InChI=1S/C21H26N4O8/c1-2-3-4-5-13-6-8-14(9-7-13)10-11-16-23-20(19(22)26)24-25(16)21-18(33-29)17(32-28)15(31-21)12-30-27/h6-9,15,17-18,21,27-29H,2-5,12H2,1H3,(H2,22,26)/t15-,17-,18-,21-/m1/s1. The highest BCUT2D eigenvalue weighted by molar-refractivity contribution is 5.88. The number of nitrogens with zero attached hydrogens (tertiary/aromatic N) is 3. The first kappa shape index (κ1) is 24.7. The van der Waals surface area contributed by atoms with Gasteiger partial charge in [0.25, 0.3) is 5.91 Å². The number of primary amides is 1. The lowest BCUT2D eigenvalue weighted by Gasteiger charge is -2.18. The molecule has 5 N–H and O–H groups in total. The molecule has 33 heavy (non-hydrogen) atoms. The first-order valence-corrected chi connectivity index (χ1v) is 10.4. The molecular formula is C21H26N4O8. The number of aromatic nitrogens is 3. The number of carbonyl (C=O) groups excluding carboxylic acids is 1. The molecule has 1 aromatic heterocycles. The molecule has 1 amide bonds. The van der Waals surface area contributed by atoms with Crippen LogP contribution in [-0.4, -0.2) is 61.4 Å². The number of nitrogens with two attached hydrogens (primary N) is 1. The maximum atomic E-state index is 11.6. The average molecular weight is 462 g/mol. The molecule has 1 aliphatic heterocycles. The van der Waals surface area contributed by atoms with Gasteiger partial charge in [-0.25, -0.2) is 19.3 Å². The van der Waals surface area contributed by atoms with E-state index in [0.717, 1.165) is 23.9 Å². The van der Waals surface area contributed by atoms with Crippen LogP contribution in [0.25, 0.3) is 0 Å². The number of ether oxygens (including phenoxy) is 1. The van der Waals surface area contributed by atoms with Gasteiger partial charge in [-0.2, -0.15) is 4.98 Å². The third-order valence-electron chi connectivity index (χ3n) is 5.20. The van der Waals surface area contributed by atoms with Gasteiger partial charge < -0.3 is 10.5 Å². The summed E-state index contributed by atoms with van der Waals surface area (Å²) in [6.45, 7) is 1.74. The number of aryl methyl sites for hydroxylation is 1. The monoisotopic (exact) mass is 462 g/mol. The Morgan fingerprint density at radius 1 is 1.15 bits per heavy atom. The largest absolute Gasteiger partial charge is 0.363 e. The molecule has 0 spiro atoms. The van der Waals surface area contributed by atoms with Gasteiger partial charge in [-0.15, -0.1) is 5.10 Å². The maximum Gasteiger partial charge on any atom is 0.288 e. The molecule has 1 saturated heterocycles. The molecule has 0 unspecified atom stereocenters. The SMILES string of the molecule is CCCCCc1ccc(C#Cc2nc(C(N)=O)nn2[C@@H]2O[C@H](COO)[C@@H](OO)[C@H]2OO)cc1. The van der Waals surface area contributed by atoms with Crippen molar-refractivity contribution in [3.63, 3.8) is 0 Å². The van der Waals surface area contributed by atoms with Crippen molar-refractivity contribution in [3.8, 4) is 11.8 Å².